The molecule has 2 amide bonds. The Hall–Kier alpha value is -1.55. The maximum atomic E-state index is 11.3. The van der Waals surface area contributed by atoms with Gasteiger partial charge < -0.3 is 15.4 Å². The number of hydrogen-bond donors (Lipinski definition) is 2. The Labute approximate surface area is 89.6 Å². The third kappa shape index (κ3) is 3.59. The molecule has 0 aliphatic heterocycles. The summed E-state index contributed by atoms with van der Waals surface area (Å²) in [6, 6.07) is 5.60. The smallest absolute Gasteiger partial charge is 0.321 e. The zero-order chi connectivity index (χ0) is 11.3. The molecule has 0 atom stereocenters. The first kappa shape index (κ1) is 11.5. The summed E-state index contributed by atoms with van der Waals surface area (Å²) in [5.74, 6) is 0. The molecule has 0 saturated heterocycles. The van der Waals surface area contributed by atoms with E-state index in [1.165, 1.54) is 12.7 Å². The van der Waals surface area contributed by atoms with Gasteiger partial charge in [-0.05, 0) is 25.5 Å². The number of aryl methyl sites for hydroxylation is 2. The number of rotatable bonds is 3. The van der Waals surface area contributed by atoms with Crippen molar-refractivity contribution in [3.05, 3.63) is 29.3 Å². The predicted octanol–water partition coefficient (Wildman–Crippen LogP) is 2.03. The van der Waals surface area contributed by atoms with Crippen LogP contribution in [0.3, 0.4) is 0 Å². The number of benzene rings is 1. The first-order valence-electron chi connectivity index (χ1n) is 4.74. The molecule has 2 N–H and O–H groups in total. The number of nitrogens with one attached hydrogen (secondary N) is 2. The minimum absolute atomic E-state index is 0.205. The van der Waals surface area contributed by atoms with Crippen LogP contribution < -0.4 is 10.6 Å². The first-order chi connectivity index (χ1) is 7.13. The van der Waals surface area contributed by atoms with Gasteiger partial charge in [0.1, 0.15) is 6.73 Å². The number of amides is 2. The van der Waals surface area contributed by atoms with Gasteiger partial charge in [0.15, 0.2) is 0 Å². The van der Waals surface area contributed by atoms with Crippen LogP contribution >= 0.6 is 0 Å². The van der Waals surface area contributed by atoms with Crippen LogP contribution in [0.4, 0.5) is 10.5 Å². The number of hydrogen-bond acceptors (Lipinski definition) is 2. The van der Waals surface area contributed by atoms with Crippen molar-refractivity contribution >= 4 is 11.7 Å². The lowest BCUT2D eigenvalue weighted by molar-refractivity contribution is 0.177. The Morgan fingerprint density at radius 1 is 1.40 bits per heavy atom. The maximum Gasteiger partial charge on any atom is 0.321 e. The van der Waals surface area contributed by atoms with Gasteiger partial charge in [-0.2, -0.15) is 0 Å². The van der Waals surface area contributed by atoms with Gasteiger partial charge in [-0.1, -0.05) is 17.7 Å². The molecule has 0 spiro atoms. The monoisotopic (exact) mass is 208 g/mol. The molecule has 0 aliphatic rings. The van der Waals surface area contributed by atoms with Crippen LogP contribution in [-0.2, 0) is 4.74 Å². The summed E-state index contributed by atoms with van der Waals surface area (Å²) >= 11 is 0. The molecule has 1 rings (SSSR count). The Morgan fingerprint density at radius 3 is 2.73 bits per heavy atom. The molecule has 15 heavy (non-hydrogen) atoms. The van der Waals surface area contributed by atoms with Crippen LogP contribution in [0.5, 0.6) is 0 Å². The highest BCUT2D eigenvalue weighted by molar-refractivity contribution is 5.89. The van der Waals surface area contributed by atoms with E-state index < -0.39 is 0 Å². The van der Waals surface area contributed by atoms with Gasteiger partial charge in [0.05, 0.1) is 0 Å². The molecule has 1 aromatic rings. The van der Waals surface area contributed by atoms with Crippen molar-refractivity contribution in [2.24, 2.45) is 0 Å². The van der Waals surface area contributed by atoms with Crippen molar-refractivity contribution in [1.82, 2.24) is 5.32 Å². The summed E-state index contributed by atoms with van der Waals surface area (Å²) < 4.78 is 4.73. The number of methoxy groups -OCH3 is 1. The van der Waals surface area contributed by atoms with E-state index in [2.05, 4.69) is 10.6 Å². The lowest BCUT2D eigenvalue weighted by Gasteiger charge is -2.09. The number of anilines is 1. The van der Waals surface area contributed by atoms with Crippen molar-refractivity contribution in [3.63, 3.8) is 0 Å². The summed E-state index contributed by atoms with van der Waals surface area (Å²) in [6.07, 6.45) is 0. The van der Waals surface area contributed by atoms with Crippen molar-refractivity contribution < 1.29 is 9.53 Å². The van der Waals surface area contributed by atoms with Gasteiger partial charge in [-0.15, -0.1) is 0 Å². The number of carbonyl (C=O) groups is 1. The summed E-state index contributed by atoms with van der Waals surface area (Å²) in [6.45, 7) is 4.18. The molecule has 0 bridgehead atoms. The van der Waals surface area contributed by atoms with E-state index in [4.69, 9.17) is 4.74 Å². The van der Waals surface area contributed by atoms with E-state index in [0.717, 1.165) is 11.3 Å². The molecule has 4 heteroatoms. The molecule has 0 heterocycles. The zero-order valence-corrected chi connectivity index (χ0v) is 9.26. The predicted molar refractivity (Wildman–Crippen MR) is 59.9 cm³/mol. The number of urea groups is 1. The third-order valence-corrected chi connectivity index (χ3v) is 2.01. The molecule has 4 nitrogen and oxygen atoms in total. The summed E-state index contributed by atoms with van der Waals surface area (Å²) in [5, 5.41) is 5.29. The molecule has 0 fully saturated rings. The summed E-state index contributed by atoms with van der Waals surface area (Å²) in [4.78, 5) is 11.3. The van der Waals surface area contributed by atoms with Gasteiger partial charge in [-0.3, -0.25) is 0 Å². The fourth-order valence-electron chi connectivity index (χ4n) is 1.26. The van der Waals surface area contributed by atoms with Gasteiger partial charge in [-0.25, -0.2) is 4.79 Å². The topological polar surface area (TPSA) is 50.4 Å². The zero-order valence-electron chi connectivity index (χ0n) is 9.26. The van der Waals surface area contributed by atoms with Gasteiger partial charge >= 0.3 is 6.03 Å². The Morgan fingerprint density at radius 2 is 2.13 bits per heavy atom. The second-order valence-electron chi connectivity index (χ2n) is 3.38. The van der Waals surface area contributed by atoms with Crippen LogP contribution in [0.25, 0.3) is 0 Å². The third-order valence-electron chi connectivity index (χ3n) is 2.01. The fourth-order valence-corrected chi connectivity index (χ4v) is 1.26. The highest BCUT2D eigenvalue weighted by Crippen LogP contribution is 2.15. The largest absolute Gasteiger partial charge is 0.364 e. The van der Waals surface area contributed by atoms with Gasteiger partial charge in [0.2, 0.25) is 0 Å². The normalized spacial score (nSPS) is 9.80. The molecular weight excluding hydrogens is 192 g/mol. The molecule has 0 aromatic heterocycles. The first-order valence-corrected chi connectivity index (χ1v) is 4.74. The molecule has 0 radical (unpaired) electrons. The van der Waals surface area contributed by atoms with E-state index in [9.17, 15) is 4.79 Å². The standard InChI is InChI=1S/C11H16N2O2/c1-8-4-5-10(9(2)6-8)13-11(14)12-7-15-3/h4-6H,7H2,1-3H3,(H2,12,13,14). The highest BCUT2D eigenvalue weighted by atomic mass is 16.5. The van der Waals surface area contributed by atoms with Crippen molar-refractivity contribution in [3.8, 4) is 0 Å². The van der Waals surface area contributed by atoms with Gasteiger partial charge in [0, 0.05) is 12.8 Å². The minimum atomic E-state index is -0.260. The average molecular weight is 208 g/mol. The SMILES string of the molecule is COCNC(=O)Nc1ccc(C)cc1C. The molecule has 0 aliphatic carbocycles. The highest BCUT2D eigenvalue weighted by Gasteiger charge is 2.02. The van der Waals surface area contributed by atoms with Crippen molar-refractivity contribution in [2.75, 3.05) is 19.2 Å². The lowest BCUT2D eigenvalue weighted by atomic mass is 10.1. The van der Waals surface area contributed by atoms with E-state index in [0.29, 0.717) is 0 Å². The number of carbonyl (C=O) groups excluding carboxylic acids is 1. The van der Waals surface area contributed by atoms with E-state index in [1.54, 1.807) is 0 Å². The lowest BCUT2D eigenvalue weighted by Crippen LogP contribution is -2.30. The van der Waals surface area contributed by atoms with E-state index in [1.807, 2.05) is 32.0 Å². The van der Waals surface area contributed by atoms with Crippen molar-refractivity contribution in [2.45, 2.75) is 13.8 Å². The van der Waals surface area contributed by atoms with E-state index in [-0.39, 0.29) is 12.8 Å². The van der Waals surface area contributed by atoms with Crippen LogP contribution in [0.2, 0.25) is 0 Å². The molecule has 1 aromatic carbocycles. The Bertz CT molecular complexity index is 350. The molecular formula is C11H16N2O2. The summed E-state index contributed by atoms with van der Waals surface area (Å²) in [7, 11) is 1.53. The quantitative estimate of drug-likeness (QED) is 0.747. The van der Waals surface area contributed by atoms with Crippen LogP contribution in [0.15, 0.2) is 18.2 Å². The second kappa shape index (κ2) is 5.36. The van der Waals surface area contributed by atoms with Crippen LogP contribution in [-0.4, -0.2) is 19.9 Å². The maximum absolute atomic E-state index is 11.3. The molecule has 0 unspecified atom stereocenters. The van der Waals surface area contributed by atoms with Crippen molar-refractivity contribution in [1.29, 1.82) is 0 Å². The fraction of sp³-hybridized carbons (Fsp3) is 0.364. The van der Waals surface area contributed by atoms with Crippen LogP contribution in [0, 0.1) is 13.8 Å². The van der Waals surface area contributed by atoms with E-state index >= 15 is 0 Å². The average Bonchev–Trinajstić information content (AvgIpc) is 2.19. The Balaban J connectivity index is 2.60. The second-order valence-corrected chi connectivity index (χ2v) is 3.38. The van der Waals surface area contributed by atoms with Crippen LogP contribution in [0.1, 0.15) is 11.1 Å². The number of ether oxygens (including phenoxy) is 1. The minimum Gasteiger partial charge on any atom is -0.364 e. The molecule has 82 valence electrons. The summed E-state index contributed by atoms with van der Waals surface area (Å²) in [5.41, 5.74) is 3.03. The Kier molecular flexibility index (Phi) is 4.12. The van der Waals surface area contributed by atoms with Gasteiger partial charge in [0.25, 0.3) is 0 Å². The molecule has 0 saturated carbocycles.